The second kappa shape index (κ2) is 8.31. The van der Waals surface area contributed by atoms with Gasteiger partial charge in [0.2, 0.25) is 0 Å². The molecule has 1 unspecified atom stereocenters. The summed E-state index contributed by atoms with van der Waals surface area (Å²) in [5.74, 6) is 1.67. The SMILES string of the molecule is CCNC(=NCCS(=O)C(C)(C)C)N1CCC2(CCC2)C1.I. The molecule has 130 valence electrons. The Morgan fingerprint density at radius 2 is 2.00 bits per heavy atom. The topological polar surface area (TPSA) is 44.7 Å². The number of aliphatic imine (C=N–C) groups is 1. The Kier molecular flexibility index (Phi) is 7.63. The van der Waals surface area contributed by atoms with E-state index in [1.807, 2.05) is 20.8 Å². The first-order valence-electron chi connectivity index (χ1n) is 8.28. The molecular formula is C16H32IN3OS. The maximum atomic E-state index is 12.1. The minimum absolute atomic E-state index is 0. The average molecular weight is 441 g/mol. The second-order valence-electron chi connectivity index (χ2n) is 7.42. The summed E-state index contributed by atoms with van der Waals surface area (Å²) in [5, 5.41) is 3.40. The van der Waals surface area contributed by atoms with E-state index < -0.39 is 10.8 Å². The molecule has 0 amide bonds. The Bertz CT molecular complexity index is 416. The van der Waals surface area contributed by atoms with Gasteiger partial charge in [-0.1, -0.05) is 6.42 Å². The number of halogens is 1. The fourth-order valence-electron chi connectivity index (χ4n) is 3.17. The van der Waals surface area contributed by atoms with E-state index >= 15 is 0 Å². The summed E-state index contributed by atoms with van der Waals surface area (Å²) < 4.78 is 12.0. The van der Waals surface area contributed by atoms with Crippen LogP contribution in [-0.4, -0.2) is 51.7 Å². The fraction of sp³-hybridized carbons (Fsp3) is 0.938. The standard InChI is InChI=1S/C16H31N3OS.HI/c1-5-17-14(18-10-12-21(20)15(2,3)4)19-11-9-16(13-19)7-6-8-16;/h5-13H2,1-4H3,(H,17,18);1H. The molecule has 0 aromatic heterocycles. The summed E-state index contributed by atoms with van der Waals surface area (Å²) >= 11 is 0. The summed E-state index contributed by atoms with van der Waals surface area (Å²) in [5.41, 5.74) is 0.588. The summed E-state index contributed by atoms with van der Waals surface area (Å²) in [6, 6.07) is 0. The molecule has 0 bridgehead atoms. The zero-order valence-electron chi connectivity index (χ0n) is 14.5. The third-order valence-electron chi connectivity index (χ3n) is 4.71. The van der Waals surface area contributed by atoms with Gasteiger partial charge in [0, 0.05) is 40.9 Å². The van der Waals surface area contributed by atoms with Crippen molar-refractivity contribution >= 4 is 40.7 Å². The predicted molar refractivity (Wildman–Crippen MR) is 107 cm³/mol. The van der Waals surface area contributed by atoms with E-state index in [0.717, 1.165) is 25.6 Å². The fourth-order valence-corrected chi connectivity index (χ4v) is 4.04. The number of hydrogen-bond acceptors (Lipinski definition) is 2. The van der Waals surface area contributed by atoms with E-state index in [2.05, 4.69) is 17.1 Å². The van der Waals surface area contributed by atoms with E-state index in [9.17, 15) is 4.21 Å². The Hall–Kier alpha value is 0.150. The molecule has 0 radical (unpaired) electrons. The Morgan fingerprint density at radius 1 is 1.32 bits per heavy atom. The number of nitrogens with one attached hydrogen (secondary N) is 1. The van der Waals surface area contributed by atoms with E-state index in [1.165, 1.54) is 25.7 Å². The van der Waals surface area contributed by atoms with E-state index in [1.54, 1.807) is 0 Å². The smallest absolute Gasteiger partial charge is 0.193 e. The summed E-state index contributed by atoms with van der Waals surface area (Å²) in [4.78, 5) is 7.12. The van der Waals surface area contributed by atoms with Crippen molar-refractivity contribution in [2.75, 3.05) is 31.9 Å². The largest absolute Gasteiger partial charge is 0.357 e. The van der Waals surface area contributed by atoms with Crippen LogP contribution in [0.4, 0.5) is 0 Å². The Balaban J connectivity index is 0.00000242. The molecule has 0 aromatic rings. The lowest BCUT2D eigenvalue weighted by Crippen LogP contribution is -2.42. The van der Waals surface area contributed by atoms with Gasteiger partial charge in [0.05, 0.1) is 6.54 Å². The molecule has 2 fully saturated rings. The van der Waals surface area contributed by atoms with Gasteiger partial charge in [0.15, 0.2) is 5.96 Å². The average Bonchev–Trinajstić information content (AvgIpc) is 2.81. The van der Waals surface area contributed by atoms with Gasteiger partial charge in [-0.3, -0.25) is 9.20 Å². The predicted octanol–water partition coefficient (Wildman–Crippen LogP) is 2.99. The lowest BCUT2D eigenvalue weighted by Gasteiger charge is -2.38. The number of rotatable bonds is 4. The molecule has 2 aliphatic rings. The van der Waals surface area contributed by atoms with Crippen molar-refractivity contribution in [2.45, 2.75) is 58.1 Å². The second-order valence-corrected chi connectivity index (χ2v) is 9.75. The lowest BCUT2D eigenvalue weighted by molar-refractivity contribution is 0.151. The van der Waals surface area contributed by atoms with Crippen molar-refractivity contribution in [2.24, 2.45) is 10.4 Å². The van der Waals surface area contributed by atoms with Crippen molar-refractivity contribution < 1.29 is 4.21 Å². The van der Waals surface area contributed by atoms with Crippen LogP contribution in [0, 0.1) is 5.41 Å². The molecule has 6 heteroatoms. The molecule has 0 aromatic carbocycles. The van der Waals surface area contributed by atoms with Crippen LogP contribution in [0.1, 0.15) is 53.4 Å². The van der Waals surface area contributed by atoms with Gasteiger partial charge in [0.1, 0.15) is 0 Å². The van der Waals surface area contributed by atoms with Gasteiger partial charge >= 0.3 is 0 Å². The maximum Gasteiger partial charge on any atom is 0.193 e. The van der Waals surface area contributed by atoms with Gasteiger partial charge in [-0.15, -0.1) is 24.0 Å². The van der Waals surface area contributed by atoms with Crippen LogP contribution < -0.4 is 5.32 Å². The van der Waals surface area contributed by atoms with E-state index in [0.29, 0.717) is 17.7 Å². The normalized spacial score (nSPS) is 22.2. The first-order valence-corrected chi connectivity index (χ1v) is 9.60. The van der Waals surface area contributed by atoms with Crippen LogP contribution in [0.2, 0.25) is 0 Å². The molecule has 1 heterocycles. The molecule has 1 aliphatic carbocycles. The van der Waals surface area contributed by atoms with Gasteiger partial charge < -0.3 is 10.2 Å². The zero-order chi connectivity index (χ0) is 15.5. The van der Waals surface area contributed by atoms with Crippen LogP contribution >= 0.6 is 24.0 Å². The van der Waals surface area contributed by atoms with E-state index in [-0.39, 0.29) is 28.7 Å². The zero-order valence-corrected chi connectivity index (χ0v) is 17.6. The van der Waals surface area contributed by atoms with Gasteiger partial charge in [-0.25, -0.2) is 0 Å². The first-order chi connectivity index (χ1) is 9.86. The number of likely N-dealkylation sites (tertiary alicyclic amines) is 1. The van der Waals surface area contributed by atoms with E-state index in [4.69, 9.17) is 4.99 Å². The Labute approximate surface area is 155 Å². The van der Waals surface area contributed by atoms with Crippen molar-refractivity contribution in [1.82, 2.24) is 10.2 Å². The Morgan fingerprint density at radius 3 is 2.45 bits per heavy atom. The highest BCUT2D eigenvalue weighted by Gasteiger charge is 2.43. The number of hydrogen-bond donors (Lipinski definition) is 1. The van der Waals surface area contributed by atoms with Crippen molar-refractivity contribution in [3.8, 4) is 0 Å². The van der Waals surface area contributed by atoms with Gasteiger partial charge in [-0.05, 0) is 52.4 Å². The van der Waals surface area contributed by atoms with Crippen LogP contribution in [0.5, 0.6) is 0 Å². The van der Waals surface area contributed by atoms with Crippen LogP contribution in [0.3, 0.4) is 0 Å². The monoisotopic (exact) mass is 441 g/mol. The molecule has 1 saturated heterocycles. The third kappa shape index (κ3) is 5.08. The molecule has 1 spiro atoms. The van der Waals surface area contributed by atoms with Crippen LogP contribution in [-0.2, 0) is 10.8 Å². The highest BCUT2D eigenvalue weighted by molar-refractivity contribution is 14.0. The summed E-state index contributed by atoms with van der Waals surface area (Å²) in [6.45, 7) is 12.0. The molecule has 2 rings (SSSR count). The molecule has 1 N–H and O–H groups in total. The quantitative estimate of drug-likeness (QED) is 0.415. The molecule has 1 atom stereocenters. The van der Waals surface area contributed by atoms with Gasteiger partial charge in [-0.2, -0.15) is 0 Å². The lowest BCUT2D eigenvalue weighted by atomic mass is 9.68. The summed E-state index contributed by atoms with van der Waals surface area (Å²) in [7, 11) is -0.818. The highest BCUT2D eigenvalue weighted by Crippen LogP contribution is 2.47. The van der Waals surface area contributed by atoms with Crippen molar-refractivity contribution in [3.05, 3.63) is 0 Å². The highest BCUT2D eigenvalue weighted by atomic mass is 127. The minimum atomic E-state index is -0.818. The van der Waals surface area contributed by atoms with Crippen molar-refractivity contribution in [3.63, 3.8) is 0 Å². The molecule has 22 heavy (non-hydrogen) atoms. The first kappa shape index (κ1) is 20.2. The summed E-state index contributed by atoms with van der Waals surface area (Å²) in [6.07, 6.45) is 5.48. The number of guanidine groups is 1. The molecule has 4 nitrogen and oxygen atoms in total. The molecule has 1 aliphatic heterocycles. The minimum Gasteiger partial charge on any atom is -0.357 e. The molecular weight excluding hydrogens is 409 g/mol. The van der Waals surface area contributed by atoms with Gasteiger partial charge in [0.25, 0.3) is 0 Å². The number of nitrogens with zero attached hydrogens (tertiary/aromatic N) is 2. The van der Waals surface area contributed by atoms with Crippen molar-refractivity contribution in [1.29, 1.82) is 0 Å². The van der Waals surface area contributed by atoms with Crippen LogP contribution in [0.25, 0.3) is 0 Å². The molecule has 1 saturated carbocycles. The third-order valence-corrected chi connectivity index (χ3v) is 6.63. The maximum absolute atomic E-state index is 12.1. The van der Waals surface area contributed by atoms with Crippen LogP contribution in [0.15, 0.2) is 4.99 Å².